The lowest BCUT2D eigenvalue weighted by molar-refractivity contribution is -0.0270. The number of aliphatic hydroxyl groups is 1. The van der Waals surface area contributed by atoms with E-state index in [0.29, 0.717) is 19.4 Å². The molecule has 7 nitrogen and oxygen atoms in total. The maximum absolute atomic E-state index is 12.1. The van der Waals surface area contributed by atoms with E-state index in [0.717, 1.165) is 12.5 Å². The number of nitrogens with one attached hydrogen (secondary N) is 1. The Labute approximate surface area is 117 Å². The van der Waals surface area contributed by atoms with E-state index in [2.05, 4.69) is 4.72 Å². The van der Waals surface area contributed by atoms with Gasteiger partial charge in [-0.15, -0.1) is 0 Å². The molecule has 2 rings (SSSR count). The van der Waals surface area contributed by atoms with Gasteiger partial charge in [-0.05, 0) is 32.3 Å². The van der Waals surface area contributed by atoms with Crippen LogP contribution in [-0.4, -0.2) is 41.3 Å². The average molecular weight is 302 g/mol. The summed E-state index contributed by atoms with van der Waals surface area (Å²) < 4.78 is 27.9. The van der Waals surface area contributed by atoms with Crippen LogP contribution in [0.15, 0.2) is 17.2 Å². The molecule has 1 aliphatic rings. The first kappa shape index (κ1) is 15.0. The van der Waals surface area contributed by atoms with Gasteiger partial charge in [0.2, 0.25) is 10.0 Å². The molecule has 112 valence electrons. The molecule has 3 N–H and O–H groups in total. The number of nitrogens with zero attached hydrogens (tertiary/aromatic N) is 1. The highest BCUT2D eigenvalue weighted by Crippen LogP contribution is 2.31. The molecule has 0 unspecified atom stereocenters. The molecule has 1 aliphatic carbocycles. The standard InChI is InChI=1S/C12H18N2O5S/c1-2-14-7-9(6-10(14)11(15)16)20(18,19)13-8-12(17)4-3-5-12/h6-7,13,17H,2-5,8H2,1H3,(H,15,16). The maximum atomic E-state index is 12.1. The van der Waals surface area contributed by atoms with Crippen molar-refractivity contribution in [1.82, 2.24) is 9.29 Å². The first-order valence-corrected chi connectivity index (χ1v) is 7.91. The van der Waals surface area contributed by atoms with Gasteiger partial charge in [0.05, 0.1) is 5.60 Å². The van der Waals surface area contributed by atoms with Crippen LogP contribution >= 0.6 is 0 Å². The zero-order valence-electron chi connectivity index (χ0n) is 11.2. The Hall–Kier alpha value is -1.38. The van der Waals surface area contributed by atoms with Crippen LogP contribution in [0.4, 0.5) is 0 Å². The Morgan fingerprint density at radius 2 is 2.15 bits per heavy atom. The van der Waals surface area contributed by atoms with Crippen molar-refractivity contribution in [3.63, 3.8) is 0 Å². The summed E-state index contributed by atoms with van der Waals surface area (Å²) in [6.45, 7) is 2.05. The number of hydrogen-bond donors (Lipinski definition) is 3. The first-order chi connectivity index (χ1) is 9.27. The fourth-order valence-electron chi connectivity index (χ4n) is 2.15. The molecule has 0 aliphatic heterocycles. The Bertz CT molecular complexity index is 616. The van der Waals surface area contributed by atoms with Gasteiger partial charge in [0, 0.05) is 19.3 Å². The number of hydrogen-bond acceptors (Lipinski definition) is 4. The Balaban J connectivity index is 2.18. The number of carboxylic acid groups (broad SMARTS) is 1. The molecule has 0 saturated heterocycles. The molecule has 0 amide bonds. The first-order valence-electron chi connectivity index (χ1n) is 6.43. The van der Waals surface area contributed by atoms with E-state index in [1.165, 1.54) is 10.8 Å². The molecule has 1 heterocycles. The Morgan fingerprint density at radius 3 is 2.55 bits per heavy atom. The lowest BCUT2D eigenvalue weighted by Gasteiger charge is -2.36. The molecule has 0 bridgehead atoms. The highest BCUT2D eigenvalue weighted by Gasteiger charge is 2.35. The van der Waals surface area contributed by atoms with Gasteiger partial charge in [-0.3, -0.25) is 0 Å². The molecule has 0 radical (unpaired) electrons. The smallest absolute Gasteiger partial charge is 0.352 e. The molecule has 20 heavy (non-hydrogen) atoms. The van der Waals surface area contributed by atoms with Crippen LogP contribution in [0.25, 0.3) is 0 Å². The molecular weight excluding hydrogens is 284 g/mol. The van der Waals surface area contributed by atoms with Crippen molar-refractivity contribution in [3.8, 4) is 0 Å². The Morgan fingerprint density at radius 1 is 1.50 bits per heavy atom. The van der Waals surface area contributed by atoms with Gasteiger partial charge in [0.15, 0.2) is 0 Å². The van der Waals surface area contributed by atoms with Crippen LogP contribution in [-0.2, 0) is 16.6 Å². The quantitative estimate of drug-likeness (QED) is 0.705. The van der Waals surface area contributed by atoms with Crippen molar-refractivity contribution in [2.75, 3.05) is 6.54 Å². The maximum Gasteiger partial charge on any atom is 0.352 e. The lowest BCUT2D eigenvalue weighted by Crippen LogP contribution is -2.47. The highest BCUT2D eigenvalue weighted by atomic mass is 32.2. The third-order valence-corrected chi connectivity index (χ3v) is 4.99. The van der Waals surface area contributed by atoms with E-state index in [1.54, 1.807) is 6.92 Å². The van der Waals surface area contributed by atoms with Crippen LogP contribution in [0.3, 0.4) is 0 Å². The zero-order chi connectivity index (χ0) is 15.0. The summed E-state index contributed by atoms with van der Waals surface area (Å²) in [6, 6.07) is 1.12. The van der Waals surface area contributed by atoms with Crippen molar-refractivity contribution in [2.45, 2.75) is 43.2 Å². The van der Waals surface area contributed by atoms with Crippen molar-refractivity contribution < 1.29 is 23.4 Å². The second-order valence-electron chi connectivity index (χ2n) is 5.05. The number of carboxylic acids is 1. The second-order valence-corrected chi connectivity index (χ2v) is 6.82. The molecule has 0 atom stereocenters. The summed E-state index contributed by atoms with van der Waals surface area (Å²) >= 11 is 0. The number of aryl methyl sites for hydroxylation is 1. The second kappa shape index (κ2) is 5.19. The molecule has 1 aromatic rings. The van der Waals surface area contributed by atoms with Gasteiger partial charge in [0.25, 0.3) is 0 Å². The number of aromatic nitrogens is 1. The van der Waals surface area contributed by atoms with Gasteiger partial charge in [0.1, 0.15) is 10.6 Å². The van der Waals surface area contributed by atoms with Crippen molar-refractivity contribution in [3.05, 3.63) is 18.0 Å². The molecular formula is C12H18N2O5S. The molecule has 1 aromatic heterocycles. The van der Waals surface area contributed by atoms with E-state index in [4.69, 9.17) is 5.11 Å². The van der Waals surface area contributed by atoms with Gasteiger partial charge in [-0.2, -0.15) is 0 Å². The van der Waals surface area contributed by atoms with Crippen LogP contribution in [0.5, 0.6) is 0 Å². The molecule has 0 aromatic carbocycles. The fourth-order valence-corrected chi connectivity index (χ4v) is 3.30. The average Bonchev–Trinajstić information content (AvgIpc) is 2.79. The highest BCUT2D eigenvalue weighted by molar-refractivity contribution is 7.89. The van der Waals surface area contributed by atoms with Gasteiger partial charge in [-0.1, -0.05) is 0 Å². The normalized spacial score (nSPS) is 17.7. The number of carbonyl (C=O) groups is 1. The molecule has 0 spiro atoms. The predicted molar refractivity (Wildman–Crippen MR) is 71.1 cm³/mol. The summed E-state index contributed by atoms with van der Waals surface area (Å²) in [7, 11) is -3.81. The number of aromatic carboxylic acids is 1. The van der Waals surface area contributed by atoms with Gasteiger partial charge < -0.3 is 14.8 Å². The van der Waals surface area contributed by atoms with Crippen molar-refractivity contribution in [1.29, 1.82) is 0 Å². The van der Waals surface area contributed by atoms with Crippen LogP contribution < -0.4 is 4.72 Å². The minimum atomic E-state index is -3.81. The predicted octanol–water partition coefficient (Wildman–Crippen LogP) is 0.399. The van der Waals surface area contributed by atoms with Gasteiger partial charge in [-0.25, -0.2) is 17.9 Å². The van der Waals surface area contributed by atoms with Crippen molar-refractivity contribution >= 4 is 16.0 Å². The third kappa shape index (κ3) is 2.87. The van der Waals surface area contributed by atoms with E-state index in [1.807, 2.05) is 0 Å². The molecule has 1 saturated carbocycles. The lowest BCUT2D eigenvalue weighted by atomic mass is 9.81. The van der Waals surface area contributed by atoms with Crippen LogP contribution in [0.1, 0.15) is 36.7 Å². The van der Waals surface area contributed by atoms with Gasteiger partial charge >= 0.3 is 5.97 Å². The Kier molecular flexibility index (Phi) is 3.90. The van der Waals surface area contributed by atoms with Crippen LogP contribution in [0, 0.1) is 0 Å². The summed E-state index contributed by atoms with van der Waals surface area (Å²) in [5.74, 6) is -1.18. The minimum absolute atomic E-state index is 0.0466. The zero-order valence-corrected chi connectivity index (χ0v) is 12.0. The fraction of sp³-hybridized carbons (Fsp3) is 0.583. The third-order valence-electron chi connectivity index (χ3n) is 3.62. The van der Waals surface area contributed by atoms with E-state index in [-0.39, 0.29) is 17.1 Å². The summed E-state index contributed by atoms with van der Waals surface area (Å²) in [5, 5.41) is 18.9. The number of rotatable bonds is 6. The monoisotopic (exact) mass is 302 g/mol. The number of sulfonamides is 1. The SMILES string of the molecule is CCn1cc(S(=O)(=O)NCC2(O)CCC2)cc1C(=O)O. The largest absolute Gasteiger partial charge is 0.477 e. The topological polar surface area (TPSA) is 109 Å². The van der Waals surface area contributed by atoms with E-state index >= 15 is 0 Å². The summed E-state index contributed by atoms with van der Waals surface area (Å²) in [5.41, 5.74) is -1.04. The molecule has 1 fully saturated rings. The minimum Gasteiger partial charge on any atom is -0.477 e. The van der Waals surface area contributed by atoms with Crippen molar-refractivity contribution in [2.24, 2.45) is 0 Å². The van der Waals surface area contributed by atoms with Crippen LogP contribution in [0.2, 0.25) is 0 Å². The summed E-state index contributed by atoms with van der Waals surface area (Å²) in [6.07, 6.45) is 3.32. The van der Waals surface area contributed by atoms with E-state index in [9.17, 15) is 18.3 Å². The van der Waals surface area contributed by atoms with E-state index < -0.39 is 21.6 Å². The molecule has 8 heteroatoms. The summed E-state index contributed by atoms with van der Waals surface area (Å²) in [4.78, 5) is 10.9.